The van der Waals surface area contributed by atoms with Crippen LogP contribution in [0.2, 0.25) is 0 Å². The molecule has 1 aromatic carbocycles. The summed E-state index contributed by atoms with van der Waals surface area (Å²) in [6.45, 7) is 1.89. The predicted octanol–water partition coefficient (Wildman–Crippen LogP) is 2.63. The predicted molar refractivity (Wildman–Crippen MR) is 94.2 cm³/mol. The van der Waals surface area contributed by atoms with Gasteiger partial charge in [0.15, 0.2) is 11.6 Å². The maximum absolute atomic E-state index is 6.32. The summed E-state index contributed by atoms with van der Waals surface area (Å²) in [5, 5.41) is 4.21. The normalized spacial score (nSPS) is 15.6. The monoisotopic (exact) mass is 320 g/mol. The second kappa shape index (κ2) is 6.31. The van der Waals surface area contributed by atoms with Gasteiger partial charge in [-0.1, -0.05) is 30.3 Å². The Morgan fingerprint density at radius 2 is 1.71 bits per heavy atom. The van der Waals surface area contributed by atoms with Gasteiger partial charge in [0.1, 0.15) is 12.0 Å². The molecular formula is C18H20N6. The van der Waals surface area contributed by atoms with E-state index in [-0.39, 0.29) is 0 Å². The van der Waals surface area contributed by atoms with E-state index in [0.717, 1.165) is 31.7 Å². The highest BCUT2D eigenvalue weighted by atomic mass is 15.3. The van der Waals surface area contributed by atoms with E-state index in [4.69, 9.17) is 5.73 Å². The van der Waals surface area contributed by atoms with Gasteiger partial charge in [-0.15, -0.1) is 0 Å². The van der Waals surface area contributed by atoms with Gasteiger partial charge >= 0.3 is 0 Å². The third-order valence-electron chi connectivity index (χ3n) is 4.63. The van der Waals surface area contributed by atoms with Crippen molar-refractivity contribution >= 4 is 11.5 Å². The van der Waals surface area contributed by atoms with Gasteiger partial charge in [-0.25, -0.2) is 14.6 Å². The number of anilines is 2. The van der Waals surface area contributed by atoms with Gasteiger partial charge in [0.25, 0.3) is 0 Å². The molecule has 6 nitrogen and oxygen atoms in total. The first-order valence-corrected chi connectivity index (χ1v) is 8.23. The number of nitrogens with zero attached hydrogens (tertiary/aromatic N) is 5. The molecule has 2 N–H and O–H groups in total. The standard InChI is InChI=1S/C18H20N6/c19-16-17(20-13-21-18(16)24-10-4-9-22-24)23-11-7-15(8-12-23)14-5-2-1-3-6-14/h1-6,9-10,13,15H,7-8,11-12,19H2. The number of benzene rings is 1. The summed E-state index contributed by atoms with van der Waals surface area (Å²) >= 11 is 0. The van der Waals surface area contributed by atoms with Gasteiger partial charge in [-0.05, 0) is 30.4 Å². The molecule has 1 aliphatic heterocycles. The fraction of sp³-hybridized carbons (Fsp3) is 0.278. The summed E-state index contributed by atoms with van der Waals surface area (Å²) in [6, 6.07) is 12.6. The maximum atomic E-state index is 6.32. The summed E-state index contributed by atoms with van der Waals surface area (Å²) in [4.78, 5) is 10.9. The second-order valence-electron chi connectivity index (χ2n) is 6.06. The number of hydrogen-bond donors (Lipinski definition) is 1. The van der Waals surface area contributed by atoms with Gasteiger partial charge in [0, 0.05) is 25.5 Å². The average Bonchev–Trinajstić information content (AvgIpc) is 3.17. The van der Waals surface area contributed by atoms with Gasteiger partial charge < -0.3 is 10.6 Å². The van der Waals surface area contributed by atoms with Crippen LogP contribution in [0.25, 0.3) is 5.82 Å². The second-order valence-corrected chi connectivity index (χ2v) is 6.06. The van der Waals surface area contributed by atoms with E-state index in [0.29, 0.717) is 17.4 Å². The van der Waals surface area contributed by atoms with Crippen molar-refractivity contribution in [1.82, 2.24) is 19.7 Å². The van der Waals surface area contributed by atoms with Gasteiger partial charge in [0.2, 0.25) is 0 Å². The number of nitrogen functional groups attached to an aromatic ring is 1. The first kappa shape index (κ1) is 14.7. The molecule has 0 bridgehead atoms. The van der Waals surface area contributed by atoms with E-state index in [1.165, 1.54) is 5.56 Å². The van der Waals surface area contributed by atoms with E-state index in [1.54, 1.807) is 17.2 Å². The molecule has 0 atom stereocenters. The minimum Gasteiger partial charge on any atom is -0.393 e. The highest BCUT2D eigenvalue weighted by Gasteiger charge is 2.24. The van der Waals surface area contributed by atoms with E-state index < -0.39 is 0 Å². The fourth-order valence-electron chi connectivity index (χ4n) is 3.36. The molecule has 0 saturated carbocycles. The smallest absolute Gasteiger partial charge is 0.181 e. The summed E-state index contributed by atoms with van der Waals surface area (Å²) in [5.41, 5.74) is 8.33. The third kappa shape index (κ3) is 2.71. The number of aromatic nitrogens is 4. The molecule has 3 heterocycles. The number of rotatable bonds is 3. The zero-order chi connectivity index (χ0) is 16.4. The van der Waals surface area contributed by atoms with E-state index >= 15 is 0 Å². The minimum absolute atomic E-state index is 0.583. The Morgan fingerprint density at radius 1 is 0.958 bits per heavy atom. The summed E-state index contributed by atoms with van der Waals surface area (Å²) in [5.74, 6) is 2.05. The van der Waals surface area contributed by atoms with Crippen molar-refractivity contribution in [2.75, 3.05) is 23.7 Å². The molecule has 1 fully saturated rings. The summed E-state index contributed by atoms with van der Waals surface area (Å²) in [6.07, 6.45) is 7.32. The molecule has 4 rings (SSSR count). The van der Waals surface area contributed by atoms with E-state index in [9.17, 15) is 0 Å². The van der Waals surface area contributed by atoms with Gasteiger partial charge in [-0.3, -0.25) is 0 Å². The third-order valence-corrected chi connectivity index (χ3v) is 4.63. The van der Waals surface area contributed by atoms with E-state index in [1.807, 2.05) is 12.3 Å². The molecule has 0 spiro atoms. The lowest BCUT2D eigenvalue weighted by Gasteiger charge is -2.33. The number of nitrogens with two attached hydrogens (primary N) is 1. The minimum atomic E-state index is 0.583. The molecule has 2 aromatic heterocycles. The molecule has 0 amide bonds. The van der Waals surface area contributed by atoms with Crippen LogP contribution in [-0.2, 0) is 0 Å². The van der Waals surface area contributed by atoms with Crippen molar-refractivity contribution in [2.45, 2.75) is 18.8 Å². The molecule has 0 unspecified atom stereocenters. The molecule has 0 aliphatic carbocycles. The zero-order valence-electron chi connectivity index (χ0n) is 13.4. The molecule has 1 aliphatic rings. The first-order valence-electron chi connectivity index (χ1n) is 8.23. The van der Waals surface area contributed by atoms with Crippen LogP contribution in [0.4, 0.5) is 11.5 Å². The Morgan fingerprint density at radius 3 is 2.42 bits per heavy atom. The Bertz CT molecular complexity index is 792. The molecule has 1 saturated heterocycles. The van der Waals surface area contributed by atoms with Crippen LogP contribution < -0.4 is 10.6 Å². The topological polar surface area (TPSA) is 72.9 Å². The SMILES string of the molecule is Nc1c(N2CCC(c3ccccc3)CC2)ncnc1-n1cccn1. The molecule has 122 valence electrons. The molecule has 24 heavy (non-hydrogen) atoms. The highest BCUT2D eigenvalue weighted by molar-refractivity contribution is 5.70. The van der Waals surface area contributed by atoms with Crippen LogP contribution in [-0.4, -0.2) is 32.8 Å². The van der Waals surface area contributed by atoms with Crippen LogP contribution >= 0.6 is 0 Å². The van der Waals surface area contributed by atoms with Crippen molar-refractivity contribution < 1.29 is 0 Å². The van der Waals surface area contributed by atoms with Crippen LogP contribution in [0, 0.1) is 0 Å². The maximum Gasteiger partial charge on any atom is 0.181 e. The molecule has 3 aromatic rings. The van der Waals surface area contributed by atoms with Crippen molar-refractivity contribution in [3.63, 3.8) is 0 Å². The average molecular weight is 320 g/mol. The van der Waals surface area contributed by atoms with Crippen molar-refractivity contribution in [1.29, 1.82) is 0 Å². The van der Waals surface area contributed by atoms with E-state index in [2.05, 4.69) is 50.3 Å². The quantitative estimate of drug-likeness (QED) is 0.803. The van der Waals surface area contributed by atoms with Crippen LogP contribution in [0.3, 0.4) is 0 Å². The van der Waals surface area contributed by atoms with Gasteiger partial charge in [-0.2, -0.15) is 5.10 Å². The van der Waals surface area contributed by atoms with Crippen LogP contribution in [0.15, 0.2) is 55.1 Å². The van der Waals surface area contributed by atoms with Crippen molar-refractivity contribution in [3.8, 4) is 5.82 Å². The first-order chi connectivity index (χ1) is 11.8. The van der Waals surface area contributed by atoms with Crippen LogP contribution in [0.5, 0.6) is 0 Å². The number of hydrogen-bond acceptors (Lipinski definition) is 5. The van der Waals surface area contributed by atoms with Crippen molar-refractivity contribution in [3.05, 3.63) is 60.7 Å². The largest absolute Gasteiger partial charge is 0.393 e. The number of piperidine rings is 1. The fourth-order valence-corrected chi connectivity index (χ4v) is 3.36. The lowest BCUT2D eigenvalue weighted by Crippen LogP contribution is -2.34. The Labute approximate surface area is 141 Å². The zero-order valence-corrected chi connectivity index (χ0v) is 13.4. The van der Waals surface area contributed by atoms with Crippen molar-refractivity contribution in [2.24, 2.45) is 0 Å². The highest BCUT2D eigenvalue weighted by Crippen LogP contribution is 2.32. The Balaban J connectivity index is 1.53. The van der Waals surface area contributed by atoms with Gasteiger partial charge in [0.05, 0.1) is 0 Å². The molecule has 6 heteroatoms. The van der Waals surface area contributed by atoms with Crippen LogP contribution in [0.1, 0.15) is 24.3 Å². The molecule has 0 radical (unpaired) electrons. The summed E-state index contributed by atoms with van der Waals surface area (Å²) in [7, 11) is 0. The lowest BCUT2D eigenvalue weighted by atomic mass is 9.89. The lowest BCUT2D eigenvalue weighted by molar-refractivity contribution is 0.503. The Hall–Kier alpha value is -2.89. The summed E-state index contributed by atoms with van der Waals surface area (Å²) < 4.78 is 1.68. The molecular weight excluding hydrogens is 300 g/mol. The Kier molecular flexibility index (Phi) is 3.86.